The molecule has 0 aliphatic carbocycles. The third-order valence-corrected chi connectivity index (χ3v) is 54.3. The fourth-order valence-corrected chi connectivity index (χ4v) is 31.5. The largest absolute Gasteiger partial charge is 0.378 e. The zero-order valence-corrected chi connectivity index (χ0v) is 86.5. The van der Waals surface area contributed by atoms with Crippen LogP contribution >= 0.6 is 38.5 Å². The molecule has 8 aromatic heterocycles. The van der Waals surface area contributed by atoms with Crippen molar-refractivity contribution in [1.29, 1.82) is 0 Å². The average Bonchev–Trinajstić information content (AvgIpc) is 1.60. The molecule has 14 rings (SSSR count). The second-order valence-corrected chi connectivity index (χ2v) is 85.7. The summed E-state index contributed by atoms with van der Waals surface area (Å²) in [6.45, 7) is 36.0. The molecule has 14 aromatic rings. The quantitative estimate of drug-likeness (QED) is 0.0682. The predicted octanol–water partition coefficient (Wildman–Crippen LogP) is 25.1. The van der Waals surface area contributed by atoms with E-state index in [0.29, 0.717) is 5.65 Å². The molecule has 0 amide bonds. The van der Waals surface area contributed by atoms with Gasteiger partial charge >= 0.3 is 387 Å². The van der Waals surface area contributed by atoms with Crippen LogP contribution in [0.4, 0.5) is 17.1 Å². The van der Waals surface area contributed by atoms with Crippen molar-refractivity contribution in [1.82, 2.24) is 36.6 Å². The number of para-hydroxylation sites is 2. The molecule has 0 N–H and O–H groups in total. The molecular formula is C94H119BrIN11O3SSi3Sn2. The Bertz CT molecular complexity index is 5950. The Morgan fingerprint density at radius 1 is 0.397 bits per heavy atom. The second kappa shape index (κ2) is 34.4. The molecule has 0 radical (unpaired) electrons. The molecule has 0 bridgehead atoms. The van der Waals surface area contributed by atoms with E-state index in [1.165, 1.54) is 53.8 Å². The van der Waals surface area contributed by atoms with Crippen LogP contribution in [0.15, 0.2) is 241 Å². The van der Waals surface area contributed by atoms with Crippen molar-refractivity contribution in [2.75, 3.05) is 57.0 Å². The minimum Gasteiger partial charge on any atom is -0.378 e. The number of anilines is 3. The second-order valence-electron chi connectivity index (χ2n) is 37.8. The Hall–Kier alpha value is -7.31. The number of hydrogen-bond donors (Lipinski definition) is 0. The van der Waals surface area contributed by atoms with E-state index < -0.39 is 71.5 Å². The monoisotopic (exact) mass is 2010 g/mol. The van der Waals surface area contributed by atoms with Crippen molar-refractivity contribution >= 4 is 178 Å². The van der Waals surface area contributed by atoms with Gasteiger partial charge in [0.2, 0.25) is 0 Å². The van der Waals surface area contributed by atoms with Gasteiger partial charge in [0, 0.05) is 94.3 Å². The fourth-order valence-electron chi connectivity index (χ4n) is 13.7. The third kappa shape index (κ3) is 19.0. The normalized spacial score (nSPS) is 12.6. The summed E-state index contributed by atoms with van der Waals surface area (Å²) in [5.41, 5.74) is 16.4. The van der Waals surface area contributed by atoms with Gasteiger partial charge < -0.3 is 14.0 Å². The Morgan fingerprint density at radius 3 is 1.11 bits per heavy atom. The smallest absolute Gasteiger partial charge is 0.269 e. The van der Waals surface area contributed by atoms with Gasteiger partial charge in [0.25, 0.3) is 10.0 Å². The van der Waals surface area contributed by atoms with E-state index in [1.807, 2.05) is 92.1 Å². The van der Waals surface area contributed by atoms with Gasteiger partial charge in [-0.25, -0.2) is 22.4 Å². The summed E-state index contributed by atoms with van der Waals surface area (Å²) in [7, 11) is 3.32. The molecule has 0 saturated heterocycles. The van der Waals surface area contributed by atoms with Gasteiger partial charge in [-0.05, 0) is 103 Å². The molecule has 0 aliphatic rings. The standard InChI is InChI=1S/C25H27N2OSi.C21H28BrN3Si.C21H18IN3O2S.C21H28N3Si.6CH3.2Sn/c1-25(2,3)29(4,5)27-16-15-19-17-20(18-26-24(19)27)22-13-9-10-14-23(22)28-21-11-7-6-8-12-21;1-21(2,3)26(6,7)25-14-19(22)18-12-16(13-23-20(18)25)15-8-10-17(11-9-15)24(4)5;1-24(2)17-10-8-15(9-11-17)16-12-19-20(22)14-25(21(19)23-13-16)28(26,27)18-6-4-3-5-7-18;1-21(2,3)25(6,7)24-13-12-17-14-18(15-22-20(17)24)16-8-10-19(11-9-16)23(4)5;;;;;;;;/h6-14,16-18H,1-5H3;8-14H,1-7H3;3-14H,1-2H3;8-11,13-15H,1-7H3;6*1H3;;. The first-order valence-corrected chi connectivity index (χ1v) is 72.0. The number of nitrogens with zero attached hydrogens (tertiary/aromatic N) is 11. The first-order valence-electron chi connectivity index (χ1n) is 39.9. The molecule has 116 heavy (non-hydrogen) atoms. The van der Waals surface area contributed by atoms with E-state index in [1.54, 1.807) is 49.9 Å². The maximum atomic E-state index is 13.0. The summed E-state index contributed by atoms with van der Waals surface area (Å²) < 4.78 is 46.3. The van der Waals surface area contributed by atoms with Crippen LogP contribution in [-0.2, 0) is 10.0 Å². The zero-order valence-electron chi connectivity index (χ0n) is 73.2. The Balaban J connectivity index is 0.000000153. The van der Waals surface area contributed by atoms with Gasteiger partial charge in [-0.1, -0.05) is 76.3 Å². The van der Waals surface area contributed by atoms with Gasteiger partial charge in [-0.2, -0.15) is 0 Å². The number of ether oxygens (including phenoxy) is 1. The topological polar surface area (TPSA) is 124 Å². The van der Waals surface area contributed by atoms with Crippen LogP contribution < -0.4 is 26.6 Å². The molecule has 22 heteroatoms. The summed E-state index contributed by atoms with van der Waals surface area (Å²) in [4.78, 5) is 41.1. The van der Waals surface area contributed by atoms with E-state index in [2.05, 4.69) is 341 Å². The molecule has 0 fully saturated rings. The maximum absolute atomic E-state index is 13.0. The van der Waals surface area contributed by atoms with Crippen LogP contribution in [0, 0.1) is 3.57 Å². The predicted molar refractivity (Wildman–Crippen MR) is 523 cm³/mol. The minimum absolute atomic E-state index is 0.236. The summed E-state index contributed by atoms with van der Waals surface area (Å²) in [5.74, 6) is 1.70. The molecule has 0 unspecified atom stereocenters. The van der Waals surface area contributed by atoms with E-state index >= 15 is 0 Å². The summed E-state index contributed by atoms with van der Waals surface area (Å²) in [6.07, 6.45) is 16.6. The molecule has 0 atom stereocenters. The van der Waals surface area contributed by atoms with Crippen LogP contribution in [-0.4, -0.2) is 149 Å². The molecule has 0 spiro atoms. The summed E-state index contributed by atoms with van der Waals surface area (Å²) in [6, 6.07) is 61.3. The Kier molecular flexibility index (Phi) is 26.6. The van der Waals surface area contributed by atoms with E-state index in [0.717, 1.165) is 69.7 Å². The van der Waals surface area contributed by atoms with Gasteiger partial charge in [-0.3, -0.25) is 0 Å². The first kappa shape index (κ1) is 89.5. The van der Waals surface area contributed by atoms with E-state index in [9.17, 15) is 8.42 Å². The van der Waals surface area contributed by atoms with Crippen LogP contribution in [0.5, 0.6) is 11.5 Å². The van der Waals surface area contributed by atoms with Gasteiger partial charge in [0.05, 0.1) is 4.90 Å². The van der Waals surface area contributed by atoms with Crippen molar-refractivity contribution in [3.8, 4) is 56.0 Å². The molecule has 0 saturated carbocycles. The zero-order chi connectivity index (χ0) is 85.0. The number of pyridine rings is 4. The van der Waals surface area contributed by atoms with Gasteiger partial charge in [0.15, 0.2) is 13.9 Å². The molecule has 0 aliphatic heterocycles. The van der Waals surface area contributed by atoms with E-state index in [4.69, 9.17) is 19.7 Å². The number of rotatable bonds is 16. The van der Waals surface area contributed by atoms with Crippen LogP contribution in [0.25, 0.3) is 88.6 Å². The average molecular weight is 2010 g/mol. The minimum atomic E-state index is -3.69. The first-order chi connectivity index (χ1) is 54.0. The third-order valence-electron chi connectivity index (χ3n) is 24.0. The van der Waals surface area contributed by atoms with Crippen LogP contribution in [0.3, 0.4) is 0 Å². The number of benzene rings is 6. The summed E-state index contributed by atoms with van der Waals surface area (Å²) >= 11 is 1.21. The number of halogens is 2. The number of hydrogen-bond acceptors (Lipinski definition) is 10. The maximum Gasteiger partial charge on any atom is 0.269 e. The molecule has 8 heterocycles. The summed E-state index contributed by atoms with van der Waals surface area (Å²) in [5, 5.41) is 5.47. The number of aromatic nitrogens is 8. The molecule has 608 valence electrons. The van der Waals surface area contributed by atoms with E-state index in [-0.39, 0.29) is 20.0 Å². The van der Waals surface area contributed by atoms with Crippen molar-refractivity contribution in [3.05, 3.63) is 240 Å². The Morgan fingerprint density at radius 2 is 0.724 bits per heavy atom. The van der Waals surface area contributed by atoms with Crippen molar-refractivity contribution in [3.63, 3.8) is 0 Å². The van der Waals surface area contributed by atoms with Crippen LogP contribution in [0.2, 0.25) is 84.0 Å². The Labute approximate surface area is 724 Å². The SMILES string of the molecule is CC(C)(C)[Si](C)(C)n1c[c]([Sn]([CH3])([CH3])[CH3])c2cc(-c3ccccc3Oc3ccccc3)cnc21.CN(C)c1ccc(-c2cnc3c(c2)[c]([Sn]([CH3])([CH3])[CH3])cn3[Si](C)(C)C(C)(C)C)cc1.CN(C)c1ccc(-c2cnc3c(c2)c(Br)cn3[Si](C)(C)C(C)(C)C)cc1.CN(C)c1ccc(-c2cnc3c(c2)c(I)cn3S(=O)(=O)c2ccccc2)cc1. The number of fused-ring (bicyclic) bond motifs is 4. The van der Waals surface area contributed by atoms with Crippen molar-refractivity contribution < 1.29 is 13.2 Å². The molecular weight excluding hydrogens is 1890 g/mol. The van der Waals surface area contributed by atoms with Crippen molar-refractivity contribution in [2.24, 2.45) is 0 Å². The molecule has 6 aromatic carbocycles. The fraction of sp³-hybridized carbons (Fsp3) is 0.319. The molecule has 14 nitrogen and oxygen atoms in total. The van der Waals surface area contributed by atoms with Crippen molar-refractivity contribution in [2.45, 2.75) is 151 Å². The van der Waals surface area contributed by atoms with Gasteiger partial charge in [0.1, 0.15) is 5.65 Å². The van der Waals surface area contributed by atoms with Crippen LogP contribution in [0.1, 0.15) is 62.3 Å². The van der Waals surface area contributed by atoms with Gasteiger partial charge in [-0.15, -0.1) is 0 Å².